The number of allylic oxidation sites excluding steroid dienone is 1. The average molecular weight is 206 g/mol. The Morgan fingerprint density at radius 1 is 1.40 bits per heavy atom. The second-order valence-electron chi connectivity index (χ2n) is 4.70. The van der Waals surface area contributed by atoms with Gasteiger partial charge in [0, 0.05) is 33.1 Å². The third-order valence-corrected chi connectivity index (χ3v) is 2.56. The number of ether oxygens (including phenoxy) is 2. The monoisotopic (exact) mass is 206 g/mol. The third kappa shape index (κ3) is 3.51. The lowest BCUT2D eigenvalue weighted by atomic mass is 10.2. The van der Waals surface area contributed by atoms with Crippen molar-refractivity contribution in [2.45, 2.75) is 51.7 Å². The Balaban J connectivity index is 1.63. The van der Waals surface area contributed by atoms with Gasteiger partial charge in [-0.25, -0.2) is 0 Å². The van der Waals surface area contributed by atoms with E-state index in [1.165, 1.54) is 12.8 Å². The van der Waals surface area contributed by atoms with Gasteiger partial charge in [-0.2, -0.15) is 0 Å². The van der Waals surface area contributed by atoms with E-state index in [1.54, 1.807) is 6.26 Å². The fourth-order valence-electron chi connectivity index (χ4n) is 1.49. The van der Waals surface area contributed by atoms with E-state index in [0.717, 1.165) is 30.9 Å². The Kier molecular flexibility index (Phi) is 2.90. The van der Waals surface area contributed by atoms with Gasteiger partial charge in [0.1, 0.15) is 12.0 Å². The normalized spacial score (nSPS) is 22.1. The van der Waals surface area contributed by atoms with Crippen LogP contribution >= 0.6 is 0 Å². The first-order valence-corrected chi connectivity index (χ1v) is 5.67. The van der Waals surface area contributed by atoms with Gasteiger partial charge in [-0.05, 0) is 18.8 Å². The number of hydrogen-bond donors (Lipinski definition) is 0. The zero-order valence-corrected chi connectivity index (χ0v) is 9.51. The van der Waals surface area contributed by atoms with Gasteiger partial charge in [0.15, 0.2) is 0 Å². The van der Waals surface area contributed by atoms with E-state index >= 15 is 0 Å². The number of hydrogen-bond acceptors (Lipinski definition) is 2. The molecule has 1 saturated carbocycles. The van der Waals surface area contributed by atoms with Crippen molar-refractivity contribution in [2.75, 3.05) is 0 Å². The Hall–Kier alpha value is -1.10. The second kappa shape index (κ2) is 4.18. The van der Waals surface area contributed by atoms with Crippen molar-refractivity contribution in [3.8, 4) is 11.8 Å². The van der Waals surface area contributed by atoms with Crippen LogP contribution in [-0.2, 0) is 9.47 Å². The Morgan fingerprint density at radius 2 is 2.20 bits per heavy atom. The van der Waals surface area contributed by atoms with Crippen molar-refractivity contribution in [2.24, 2.45) is 5.92 Å². The molecule has 0 N–H and O–H groups in total. The molecule has 0 unspecified atom stereocenters. The summed E-state index contributed by atoms with van der Waals surface area (Å²) in [7, 11) is 0. The van der Waals surface area contributed by atoms with Gasteiger partial charge in [-0.1, -0.05) is 0 Å². The standard InChI is InChI=1S/C13H18O2/c1-13(2)14-10-12(15-13)7-5-3-4-6-11-8-9-11/h10-11H,5-9H2,1-2H3. The highest BCUT2D eigenvalue weighted by molar-refractivity contribution is 5.05. The first-order chi connectivity index (χ1) is 7.16. The van der Waals surface area contributed by atoms with E-state index in [-0.39, 0.29) is 0 Å². The minimum absolute atomic E-state index is 0.475. The van der Waals surface area contributed by atoms with Gasteiger partial charge < -0.3 is 9.47 Å². The number of rotatable bonds is 3. The lowest BCUT2D eigenvalue weighted by Crippen LogP contribution is -2.20. The Bertz CT molecular complexity index is 313. The van der Waals surface area contributed by atoms with Crippen molar-refractivity contribution in [3.05, 3.63) is 12.0 Å². The molecule has 2 rings (SSSR count). The van der Waals surface area contributed by atoms with E-state index in [4.69, 9.17) is 9.47 Å². The van der Waals surface area contributed by atoms with Crippen molar-refractivity contribution < 1.29 is 9.47 Å². The largest absolute Gasteiger partial charge is 0.457 e. The Labute approximate surface area is 91.6 Å². The molecule has 0 spiro atoms. The molecule has 2 nitrogen and oxygen atoms in total. The highest BCUT2D eigenvalue weighted by Crippen LogP contribution is 2.31. The van der Waals surface area contributed by atoms with Crippen LogP contribution in [0.3, 0.4) is 0 Å². The van der Waals surface area contributed by atoms with Gasteiger partial charge in [-0.3, -0.25) is 0 Å². The summed E-state index contributed by atoms with van der Waals surface area (Å²) in [5.74, 6) is 7.75. The molecule has 0 bridgehead atoms. The molecule has 2 heteroatoms. The van der Waals surface area contributed by atoms with Crippen molar-refractivity contribution in [3.63, 3.8) is 0 Å². The predicted octanol–water partition coefficient (Wildman–Crippen LogP) is 3.19. The maximum atomic E-state index is 5.56. The molecular formula is C13H18O2. The van der Waals surface area contributed by atoms with Gasteiger partial charge in [0.25, 0.3) is 0 Å². The van der Waals surface area contributed by atoms with E-state index < -0.39 is 5.79 Å². The average Bonchev–Trinajstić information content (AvgIpc) is 2.91. The molecule has 0 amide bonds. The lowest BCUT2D eigenvalue weighted by Gasteiger charge is -2.17. The van der Waals surface area contributed by atoms with Crippen LogP contribution in [0.25, 0.3) is 0 Å². The smallest absolute Gasteiger partial charge is 0.244 e. The van der Waals surface area contributed by atoms with Crippen molar-refractivity contribution >= 4 is 0 Å². The van der Waals surface area contributed by atoms with Crippen LogP contribution in [-0.4, -0.2) is 5.79 Å². The minimum Gasteiger partial charge on any atom is -0.457 e. The van der Waals surface area contributed by atoms with E-state index in [2.05, 4.69) is 11.8 Å². The summed E-state index contributed by atoms with van der Waals surface area (Å²) >= 11 is 0. The summed E-state index contributed by atoms with van der Waals surface area (Å²) in [6.07, 6.45) is 7.29. The van der Waals surface area contributed by atoms with Crippen molar-refractivity contribution in [1.29, 1.82) is 0 Å². The molecule has 1 aliphatic heterocycles. The summed E-state index contributed by atoms with van der Waals surface area (Å²) in [5.41, 5.74) is 0. The van der Waals surface area contributed by atoms with Crippen LogP contribution in [0.2, 0.25) is 0 Å². The zero-order valence-electron chi connectivity index (χ0n) is 9.51. The molecule has 15 heavy (non-hydrogen) atoms. The molecule has 0 radical (unpaired) electrons. The molecule has 82 valence electrons. The first-order valence-electron chi connectivity index (χ1n) is 5.67. The molecule has 2 aliphatic rings. The first kappa shape index (κ1) is 10.4. The second-order valence-corrected chi connectivity index (χ2v) is 4.70. The van der Waals surface area contributed by atoms with E-state index in [1.807, 2.05) is 13.8 Å². The van der Waals surface area contributed by atoms with E-state index in [9.17, 15) is 0 Å². The maximum Gasteiger partial charge on any atom is 0.244 e. The molecule has 1 fully saturated rings. The highest BCUT2D eigenvalue weighted by atomic mass is 16.7. The van der Waals surface area contributed by atoms with Gasteiger partial charge in [-0.15, -0.1) is 11.8 Å². The molecule has 0 atom stereocenters. The lowest BCUT2D eigenvalue weighted by molar-refractivity contribution is -0.117. The molecule has 0 saturated heterocycles. The van der Waals surface area contributed by atoms with Crippen molar-refractivity contribution in [1.82, 2.24) is 0 Å². The van der Waals surface area contributed by atoms with Crippen LogP contribution < -0.4 is 0 Å². The summed E-state index contributed by atoms with van der Waals surface area (Å²) in [4.78, 5) is 0. The highest BCUT2D eigenvalue weighted by Gasteiger charge is 2.26. The quantitative estimate of drug-likeness (QED) is 0.660. The maximum absolute atomic E-state index is 5.56. The molecule has 0 aromatic heterocycles. The van der Waals surface area contributed by atoms with Crippen LogP contribution in [0, 0.1) is 17.8 Å². The molecule has 0 aromatic rings. The summed E-state index contributed by atoms with van der Waals surface area (Å²) in [6.45, 7) is 3.82. The fraction of sp³-hybridized carbons (Fsp3) is 0.692. The molecular weight excluding hydrogens is 188 g/mol. The van der Waals surface area contributed by atoms with Crippen LogP contribution in [0.15, 0.2) is 12.0 Å². The SMILES string of the molecule is CC1(C)OC=C(CCC#CCC2CC2)O1. The summed E-state index contributed by atoms with van der Waals surface area (Å²) in [5, 5.41) is 0. The van der Waals surface area contributed by atoms with E-state index in [0.29, 0.717) is 0 Å². The fourth-order valence-corrected chi connectivity index (χ4v) is 1.49. The molecule has 1 aliphatic carbocycles. The molecule has 1 heterocycles. The predicted molar refractivity (Wildman–Crippen MR) is 58.7 cm³/mol. The summed E-state index contributed by atoms with van der Waals surface area (Å²) in [6, 6.07) is 0. The zero-order chi connectivity index (χ0) is 10.7. The topological polar surface area (TPSA) is 18.5 Å². The minimum atomic E-state index is -0.475. The van der Waals surface area contributed by atoms with Crippen LogP contribution in [0.1, 0.15) is 46.0 Å². The van der Waals surface area contributed by atoms with Gasteiger partial charge in [0.05, 0.1) is 0 Å². The van der Waals surface area contributed by atoms with Crippen LogP contribution in [0.4, 0.5) is 0 Å². The molecule has 0 aromatic carbocycles. The summed E-state index contributed by atoms with van der Waals surface area (Å²) < 4.78 is 10.9. The Morgan fingerprint density at radius 3 is 2.80 bits per heavy atom. The van der Waals surface area contributed by atoms with Gasteiger partial charge in [0.2, 0.25) is 5.79 Å². The van der Waals surface area contributed by atoms with Crippen LogP contribution in [0.5, 0.6) is 0 Å². The van der Waals surface area contributed by atoms with Gasteiger partial charge >= 0.3 is 0 Å². The third-order valence-electron chi connectivity index (χ3n) is 2.56.